The molecule has 2 N–H and O–H groups in total. The molecule has 0 aliphatic rings. The van der Waals surface area contributed by atoms with Gasteiger partial charge in [-0.3, -0.25) is 4.68 Å². The van der Waals surface area contributed by atoms with Crippen molar-refractivity contribution < 1.29 is 9.53 Å². The number of hydrogen-bond donors (Lipinski definition) is 2. The number of benzene rings is 1. The number of ether oxygens (including phenoxy) is 1. The van der Waals surface area contributed by atoms with Gasteiger partial charge in [0.25, 0.3) is 0 Å². The largest absolute Gasteiger partial charge is 0.489 e. The van der Waals surface area contributed by atoms with Crippen molar-refractivity contribution in [3.05, 3.63) is 41.2 Å². The van der Waals surface area contributed by atoms with Crippen molar-refractivity contribution in [1.82, 2.24) is 15.1 Å². The van der Waals surface area contributed by atoms with Crippen LogP contribution in [-0.4, -0.2) is 21.9 Å². The molecule has 1 aromatic heterocycles. The van der Waals surface area contributed by atoms with Crippen LogP contribution in [-0.2, 0) is 7.05 Å². The highest BCUT2D eigenvalue weighted by molar-refractivity contribution is 6.32. The van der Waals surface area contributed by atoms with Crippen molar-refractivity contribution in [3.63, 3.8) is 0 Å². The summed E-state index contributed by atoms with van der Waals surface area (Å²) in [6.07, 6.45) is 3.62. The van der Waals surface area contributed by atoms with Gasteiger partial charge in [0.2, 0.25) is 0 Å². The summed E-state index contributed by atoms with van der Waals surface area (Å²) in [4.78, 5) is 12.1. The number of halogens is 1. The van der Waals surface area contributed by atoms with Gasteiger partial charge in [0.1, 0.15) is 5.75 Å². The van der Waals surface area contributed by atoms with E-state index in [1.54, 1.807) is 29.1 Å². The van der Waals surface area contributed by atoms with E-state index in [4.69, 9.17) is 16.3 Å². The van der Waals surface area contributed by atoms with Crippen LogP contribution in [0.2, 0.25) is 5.02 Å². The first kappa shape index (κ1) is 17.1. The average Bonchev–Trinajstić information content (AvgIpc) is 2.88. The SMILES string of the molecule is CC(C)Oc1ccc(NC(=O)N[C@H](C)c2cnn(C)c2)cc1Cl. The molecule has 0 fully saturated rings. The second kappa shape index (κ2) is 7.37. The predicted molar refractivity (Wildman–Crippen MR) is 91.0 cm³/mol. The lowest BCUT2D eigenvalue weighted by Gasteiger charge is -2.15. The highest BCUT2D eigenvalue weighted by atomic mass is 35.5. The number of amides is 2. The highest BCUT2D eigenvalue weighted by Crippen LogP contribution is 2.28. The van der Waals surface area contributed by atoms with E-state index in [-0.39, 0.29) is 18.2 Å². The van der Waals surface area contributed by atoms with Crippen LogP contribution in [0, 0.1) is 0 Å². The molecule has 0 aliphatic heterocycles. The number of nitrogens with zero attached hydrogens (tertiary/aromatic N) is 2. The third-order valence-corrected chi connectivity index (χ3v) is 3.42. The fourth-order valence-corrected chi connectivity index (χ4v) is 2.26. The number of nitrogens with one attached hydrogen (secondary N) is 2. The van der Waals surface area contributed by atoms with Gasteiger partial charge in [0.05, 0.1) is 23.4 Å². The first-order valence-electron chi connectivity index (χ1n) is 7.37. The fraction of sp³-hybridized carbons (Fsp3) is 0.375. The first-order valence-corrected chi connectivity index (χ1v) is 7.75. The molecule has 1 atom stereocenters. The summed E-state index contributed by atoms with van der Waals surface area (Å²) in [6.45, 7) is 5.74. The van der Waals surface area contributed by atoms with Gasteiger partial charge < -0.3 is 15.4 Å². The summed E-state index contributed by atoms with van der Waals surface area (Å²) >= 11 is 6.15. The minimum atomic E-state index is -0.310. The minimum absolute atomic E-state index is 0.0370. The maximum Gasteiger partial charge on any atom is 0.319 e. The maximum absolute atomic E-state index is 12.1. The third-order valence-electron chi connectivity index (χ3n) is 3.12. The minimum Gasteiger partial charge on any atom is -0.489 e. The van der Waals surface area contributed by atoms with E-state index < -0.39 is 0 Å². The Bertz CT molecular complexity index is 684. The van der Waals surface area contributed by atoms with Gasteiger partial charge in [-0.15, -0.1) is 0 Å². The fourth-order valence-electron chi connectivity index (χ4n) is 2.04. The lowest BCUT2D eigenvalue weighted by Crippen LogP contribution is -2.31. The monoisotopic (exact) mass is 336 g/mol. The lowest BCUT2D eigenvalue weighted by atomic mass is 10.2. The molecule has 0 aliphatic carbocycles. The Labute approximate surface area is 140 Å². The lowest BCUT2D eigenvalue weighted by molar-refractivity contribution is 0.242. The van der Waals surface area contributed by atoms with Gasteiger partial charge in [-0.1, -0.05) is 11.6 Å². The number of carbonyl (C=O) groups excluding carboxylic acids is 1. The van der Waals surface area contributed by atoms with E-state index in [1.165, 1.54) is 0 Å². The average molecular weight is 337 g/mol. The van der Waals surface area contributed by atoms with Gasteiger partial charge in [0, 0.05) is 24.5 Å². The van der Waals surface area contributed by atoms with Crippen molar-refractivity contribution in [2.45, 2.75) is 32.9 Å². The van der Waals surface area contributed by atoms with Gasteiger partial charge in [-0.2, -0.15) is 5.10 Å². The van der Waals surface area contributed by atoms with E-state index in [1.807, 2.05) is 34.0 Å². The molecule has 2 amide bonds. The molecule has 0 bridgehead atoms. The molecule has 6 nitrogen and oxygen atoms in total. The van der Waals surface area contributed by atoms with E-state index in [9.17, 15) is 4.79 Å². The molecule has 0 saturated carbocycles. The van der Waals surface area contributed by atoms with Crippen LogP contribution < -0.4 is 15.4 Å². The van der Waals surface area contributed by atoms with Gasteiger partial charge in [-0.25, -0.2) is 4.79 Å². The topological polar surface area (TPSA) is 68.2 Å². The Kier molecular flexibility index (Phi) is 5.50. The Morgan fingerprint density at radius 1 is 1.35 bits per heavy atom. The number of carbonyl (C=O) groups is 1. The first-order chi connectivity index (χ1) is 10.8. The van der Waals surface area contributed by atoms with Crippen molar-refractivity contribution in [3.8, 4) is 5.75 Å². The van der Waals surface area contributed by atoms with Crippen LogP contribution >= 0.6 is 11.6 Å². The zero-order valence-corrected chi connectivity index (χ0v) is 14.4. The molecule has 0 unspecified atom stereocenters. The standard InChI is InChI=1S/C16H21ClN4O2/c1-10(2)23-15-6-5-13(7-14(15)17)20-16(22)19-11(3)12-8-18-21(4)9-12/h5-11H,1-4H3,(H2,19,20,22)/t11-/m1/s1. The highest BCUT2D eigenvalue weighted by Gasteiger charge is 2.12. The molecule has 2 aromatic rings. The zero-order valence-electron chi connectivity index (χ0n) is 13.6. The summed E-state index contributed by atoms with van der Waals surface area (Å²) in [6, 6.07) is 4.69. The number of urea groups is 1. The summed E-state index contributed by atoms with van der Waals surface area (Å²) in [5.41, 5.74) is 1.53. The Hall–Kier alpha value is -2.21. The Balaban J connectivity index is 1.96. The quantitative estimate of drug-likeness (QED) is 0.873. The van der Waals surface area contributed by atoms with Gasteiger partial charge in [0.15, 0.2) is 0 Å². The van der Waals surface area contributed by atoms with Crippen LogP contribution in [0.25, 0.3) is 0 Å². The molecular formula is C16H21ClN4O2. The van der Waals surface area contributed by atoms with E-state index in [0.717, 1.165) is 5.56 Å². The summed E-state index contributed by atoms with van der Waals surface area (Å²) < 4.78 is 7.25. The van der Waals surface area contributed by atoms with Crippen LogP contribution in [0.4, 0.5) is 10.5 Å². The number of rotatable bonds is 5. The van der Waals surface area contributed by atoms with E-state index in [0.29, 0.717) is 16.5 Å². The molecule has 2 rings (SSSR count). The second-order valence-corrected chi connectivity index (χ2v) is 5.99. The number of aromatic nitrogens is 2. The van der Waals surface area contributed by atoms with Crippen LogP contribution in [0.3, 0.4) is 0 Å². The molecule has 0 saturated heterocycles. The number of hydrogen-bond acceptors (Lipinski definition) is 3. The van der Waals surface area contributed by atoms with Crippen molar-refractivity contribution >= 4 is 23.3 Å². The summed E-state index contributed by atoms with van der Waals surface area (Å²) in [5, 5.41) is 10.1. The molecule has 0 radical (unpaired) electrons. The molecule has 124 valence electrons. The van der Waals surface area contributed by atoms with Crippen LogP contribution in [0.5, 0.6) is 5.75 Å². The molecular weight excluding hydrogens is 316 g/mol. The van der Waals surface area contributed by atoms with Gasteiger partial charge in [-0.05, 0) is 39.0 Å². The molecule has 1 heterocycles. The summed E-state index contributed by atoms with van der Waals surface area (Å²) in [7, 11) is 1.83. The van der Waals surface area contributed by atoms with Gasteiger partial charge >= 0.3 is 6.03 Å². The molecule has 23 heavy (non-hydrogen) atoms. The normalized spacial score (nSPS) is 12.1. The Morgan fingerprint density at radius 2 is 2.09 bits per heavy atom. The van der Waals surface area contributed by atoms with E-state index in [2.05, 4.69) is 15.7 Å². The summed E-state index contributed by atoms with van der Waals surface area (Å²) in [5.74, 6) is 0.594. The smallest absolute Gasteiger partial charge is 0.319 e. The zero-order chi connectivity index (χ0) is 17.0. The number of anilines is 1. The van der Waals surface area contributed by atoms with Crippen molar-refractivity contribution in [1.29, 1.82) is 0 Å². The van der Waals surface area contributed by atoms with Crippen molar-refractivity contribution in [2.75, 3.05) is 5.32 Å². The third kappa shape index (κ3) is 4.89. The Morgan fingerprint density at radius 3 is 2.65 bits per heavy atom. The maximum atomic E-state index is 12.1. The van der Waals surface area contributed by atoms with E-state index >= 15 is 0 Å². The number of aryl methyl sites for hydroxylation is 1. The van der Waals surface area contributed by atoms with Crippen LogP contribution in [0.15, 0.2) is 30.6 Å². The van der Waals surface area contributed by atoms with Crippen molar-refractivity contribution in [2.24, 2.45) is 7.05 Å². The molecule has 1 aromatic carbocycles. The predicted octanol–water partition coefficient (Wildman–Crippen LogP) is 3.74. The molecule has 7 heteroatoms. The van der Waals surface area contributed by atoms with Crippen LogP contribution in [0.1, 0.15) is 32.4 Å². The second-order valence-electron chi connectivity index (χ2n) is 5.58. The molecule has 0 spiro atoms.